The maximum Gasteiger partial charge on any atom is 0.416 e. The first kappa shape index (κ1) is 32.5. The van der Waals surface area contributed by atoms with Gasteiger partial charge < -0.3 is 10.2 Å². The van der Waals surface area contributed by atoms with Crippen LogP contribution in [-0.2, 0) is 22.2 Å². The molecule has 5 nitrogen and oxygen atoms in total. The minimum absolute atomic E-state index is 0. The molecule has 41 heavy (non-hydrogen) atoms. The van der Waals surface area contributed by atoms with Gasteiger partial charge in [-0.15, -0.1) is 25.0 Å². The molecule has 220 valence electrons. The van der Waals surface area contributed by atoms with Gasteiger partial charge in [-0.25, -0.2) is 8.42 Å². The van der Waals surface area contributed by atoms with E-state index >= 15 is 0 Å². The van der Waals surface area contributed by atoms with Gasteiger partial charge >= 0.3 is 12.4 Å². The predicted molar refractivity (Wildman–Crippen MR) is 150 cm³/mol. The number of anilines is 1. The Bertz CT molecular complexity index is 1570. The number of nitrogens with zero attached hydrogens (tertiary/aromatic N) is 2. The van der Waals surface area contributed by atoms with Gasteiger partial charge in [-0.3, -0.25) is 4.98 Å². The number of piperazine rings is 1. The highest BCUT2D eigenvalue weighted by atomic mass is 35.5. The minimum atomic E-state index is -4.52. The molecule has 1 aliphatic rings. The van der Waals surface area contributed by atoms with Crippen LogP contribution in [0.4, 0.5) is 32.0 Å². The maximum absolute atomic E-state index is 13.0. The van der Waals surface area contributed by atoms with Crippen molar-refractivity contribution in [1.82, 2.24) is 10.3 Å². The molecule has 0 radical (unpaired) electrons. The molecule has 0 saturated carbocycles. The average molecular weight is 636 g/mol. The number of aromatic nitrogens is 1. The van der Waals surface area contributed by atoms with E-state index in [4.69, 9.17) is 0 Å². The van der Waals surface area contributed by atoms with E-state index in [2.05, 4.69) is 27.8 Å². The summed E-state index contributed by atoms with van der Waals surface area (Å²) in [4.78, 5) is 6.84. The average Bonchev–Trinajstić information content (AvgIpc) is 2.92. The van der Waals surface area contributed by atoms with E-state index in [1.165, 1.54) is 18.2 Å². The first-order valence-electron chi connectivity index (χ1n) is 11.9. The number of nitrogens with one attached hydrogen (secondary N) is 1. The molecule has 1 aliphatic heterocycles. The van der Waals surface area contributed by atoms with E-state index in [0.29, 0.717) is 15.8 Å². The molecule has 0 aliphatic carbocycles. The molecule has 2 heterocycles. The standard InChI is InChI=1S/C20H18F3N3O2S.C7H5F3S.ClH/c21-20(22,23)14-1-3-15(4-2-14)29(27,28)16-5-6-18-17(13-16)19(7-8-25-18)26-11-9-24-10-12-26;8-7(9,10)5-1-3-6(11)4-2-5;/h1-8,13,24H,9-12H2;1-4,11H;1H. The van der Waals surface area contributed by atoms with Gasteiger partial charge in [0.15, 0.2) is 0 Å². The number of rotatable bonds is 3. The van der Waals surface area contributed by atoms with Crippen LogP contribution < -0.4 is 10.2 Å². The Labute approximate surface area is 244 Å². The number of halogens is 7. The summed E-state index contributed by atoms with van der Waals surface area (Å²) in [5, 5.41) is 3.97. The summed E-state index contributed by atoms with van der Waals surface area (Å²) in [7, 11) is -3.97. The van der Waals surface area contributed by atoms with Crippen molar-refractivity contribution in [2.45, 2.75) is 27.0 Å². The molecular weight excluding hydrogens is 612 g/mol. The molecule has 3 aromatic carbocycles. The monoisotopic (exact) mass is 635 g/mol. The highest BCUT2D eigenvalue weighted by Crippen LogP contribution is 2.33. The van der Waals surface area contributed by atoms with Crippen molar-refractivity contribution in [3.05, 3.63) is 90.1 Å². The number of fused-ring (bicyclic) bond motifs is 1. The highest BCUT2D eigenvalue weighted by Gasteiger charge is 2.31. The smallest absolute Gasteiger partial charge is 0.368 e. The molecule has 0 atom stereocenters. The van der Waals surface area contributed by atoms with Crippen molar-refractivity contribution in [2.75, 3.05) is 31.1 Å². The van der Waals surface area contributed by atoms with Gasteiger partial charge in [0.25, 0.3) is 0 Å². The molecule has 0 amide bonds. The number of thiol groups is 1. The predicted octanol–water partition coefficient (Wildman–Crippen LogP) is 6.91. The molecule has 1 saturated heterocycles. The lowest BCUT2D eigenvalue weighted by Gasteiger charge is -2.30. The summed E-state index contributed by atoms with van der Waals surface area (Å²) in [5.74, 6) is 0. The summed E-state index contributed by atoms with van der Waals surface area (Å²) < 4.78 is 100.0. The SMILES string of the molecule is Cl.FC(F)(F)c1ccc(S)cc1.O=S(=O)(c1ccc(C(F)(F)F)cc1)c1ccc2nccc(N3CCNCC3)c2c1. The fourth-order valence-electron chi connectivity index (χ4n) is 4.07. The van der Waals surface area contributed by atoms with Crippen molar-refractivity contribution < 1.29 is 34.8 Å². The van der Waals surface area contributed by atoms with Crippen LogP contribution in [0.2, 0.25) is 0 Å². The zero-order valence-electron chi connectivity index (χ0n) is 21.1. The number of sulfone groups is 1. The topological polar surface area (TPSA) is 62.3 Å². The normalized spacial score (nSPS) is 14.2. The number of hydrogen-bond acceptors (Lipinski definition) is 6. The lowest BCUT2D eigenvalue weighted by atomic mass is 10.1. The van der Waals surface area contributed by atoms with Crippen LogP contribution in [0, 0.1) is 0 Å². The maximum atomic E-state index is 13.0. The van der Waals surface area contributed by atoms with Gasteiger partial charge in [-0.2, -0.15) is 26.3 Å². The molecule has 5 rings (SSSR count). The van der Waals surface area contributed by atoms with Crippen LogP contribution in [-0.4, -0.2) is 39.6 Å². The van der Waals surface area contributed by atoms with E-state index in [1.54, 1.807) is 18.3 Å². The van der Waals surface area contributed by atoms with Crippen LogP contribution in [0.15, 0.2) is 93.7 Å². The lowest BCUT2D eigenvalue weighted by molar-refractivity contribution is -0.138. The van der Waals surface area contributed by atoms with E-state index in [0.717, 1.165) is 68.3 Å². The van der Waals surface area contributed by atoms with Gasteiger partial charge in [-0.05, 0) is 72.8 Å². The Morgan fingerprint density at radius 2 is 1.27 bits per heavy atom. The van der Waals surface area contributed by atoms with Crippen LogP contribution >= 0.6 is 25.0 Å². The van der Waals surface area contributed by atoms with Crippen LogP contribution in [0.5, 0.6) is 0 Å². The van der Waals surface area contributed by atoms with Crippen molar-refractivity contribution in [3.8, 4) is 0 Å². The molecular formula is C27H24ClF6N3O2S2. The highest BCUT2D eigenvalue weighted by molar-refractivity contribution is 7.91. The van der Waals surface area contributed by atoms with Crippen LogP contribution in [0.3, 0.4) is 0 Å². The number of benzene rings is 3. The van der Waals surface area contributed by atoms with Gasteiger partial charge in [0, 0.05) is 48.3 Å². The summed E-state index contributed by atoms with van der Waals surface area (Å²) in [6.45, 7) is 3.23. The van der Waals surface area contributed by atoms with E-state index in [9.17, 15) is 34.8 Å². The molecule has 0 unspecified atom stereocenters. The van der Waals surface area contributed by atoms with Crippen molar-refractivity contribution >= 4 is 51.5 Å². The molecule has 1 N–H and O–H groups in total. The lowest BCUT2D eigenvalue weighted by Crippen LogP contribution is -2.43. The third-order valence-corrected chi connectivity index (χ3v) is 8.21. The molecule has 1 fully saturated rings. The van der Waals surface area contributed by atoms with Gasteiger partial charge in [0.05, 0.1) is 26.4 Å². The first-order chi connectivity index (χ1) is 18.8. The van der Waals surface area contributed by atoms with Crippen LogP contribution in [0.1, 0.15) is 11.1 Å². The van der Waals surface area contributed by atoms with Gasteiger partial charge in [0.1, 0.15) is 0 Å². The summed E-state index contributed by atoms with van der Waals surface area (Å²) >= 11 is 3.86. The van der Waals surface area contributed by atoms with Crippen molar-refractivity contribution in [1.29, 1.82) is 0 Å². The second-order valence-corrected chi connectivity index (χ2v) is 11.3. The molecule has 0 bridgehead atoms. The number of alkyl halides is 6. The summed E-state index contributed by atoms with van der Waals surface area (Å²) in [5.41, 5.74) is 0.0174. The largest absolute Gasteiger partial charge is 0.416 e. The molecule has 4 aromatic rings. The first-order valence-corrected chi connectivity index (χ1v) is 13.8. The third-order valence-electron chi connectivity index (χ3n) is 6.14. The number of hydrogen-bond donors (Lipinski definition) is 2. The second kappa shape index (κ2) is 12.9. The van der Waals surface area contributed by atoms with E-state index in [-0.39, 0.29) is 22.2 Å². The van der Waals surface area contributed by atoms with Gasteiger partial charge in [-0.1, -0.05) is 0 Å². The summed E-state index contributed by atoms with van der Waals surface area (Å²) in [6, 6.07) is 14.6. The quantitative estimate of drug-likeness (QED) is 0.189. The fraction of sp³-hybridized carbons (Fsp3) is 0.222. The van der Waals surface area contributed by atoms with E-state index < -0.39 is 33.3 Å². The Hall–Kier alpha value is -3.00. The van der Waals surface area contributed by atoms with Crippen LogP contribution in [0.25, 0.3) is 10.9 Å². The number of pyridine rings is 1. The zero-order chi connectivity index (χ0) is 29.1. The van der Waals surface area contributed by atoms with Crippen molar-refractivity contribution in [3.63, 3.8) is 0 Å². The van der Waals surface area contributed by atoms with Gasteiger partial charge in [0.2, 0.25) is 9.84 Å². The Kier molecular flexibility index (Phi) is 10.2. The second-order valence-electron chi connectivity index (χ2n) is 8.82. The Morgan fingerprint density at radius 1 is 0.756 bits per heavy atom. The third kappa shape index (κ3) is 7.85. The molecule has 0 spiro atoms. The fourth-order valence-corrected chi connectivity index (χ4v) is 5.50. The Balaban J connectivity index is 0.000000326. The molecule has 14 heteroatoms. The molecule has 1 aromatic heterocycles. The Morgan fingerprint density at radius 3 is 1.80 bits per heavy atom. The van der Waals surface area contributed by atoms with Crippen molar-refractivity contribution in [2.24, 2.45) is 0 Å². The minimum Gasteiger partial charge on any atom is -0.368 e. The zero-order valence-corrected chi connectivity index (χ0v) is 23.6. The van der Waals surface area contributed by atoms with E-state index in [1.807, 2.05) is 6.07 Å². The summed E-state index contributed by atoms with van der Waals surface area (Å²) in [6.07, 6.45) is -7.08.